The molecule has 170 valence electrons. The number of benzene rings is 3. The zero-order valence-corrected chi connectivity index (χ0v) is 17.3. The van der Waals surface area contributed by atoms with Crippen LogP contribution in [0.3, 0.4) is 0 Å². The van der Waals surface area contributed by atoms with Gasteiger partial charge in [-0.05, 0) is 41.5 Å². The largest absolute Gasteiger partial charge is 0.489 e. The van der Waals surface area contributed by atoms with E-state index in [1.165, 1.54) is 18.2 Å². The number of amides is 1. The Kier molecular flexibility index (Phi) is 7.86. The number of halogens is 3. The van der Waals surface area contributed by atoms with Gasteiger partial charge in [-0.25, -0.2) is 4.79 Å². The number of anilines is 1. The number of rotatable bonds is 8. The monoisotopic (exact) mass is 455 g/mol. The molecule has 8 heteroatoms. The number of para-hydroxylation sites is 1. The molecule has 0 saturated heterocycles. The Morgan fingerprint density at radius 3 is 2.24 bits per heavy atom. The van der Waals surface area contributed by atoms with Crippen molar-refractivity contribution < 1.29 is 32.2 Å². The third kappa shape index (κ3) is 7.53. The van der Waals surface area contributed by atoms with Crippen LogP contribution >= 0.6 is 0 Å². The molecule has 3 aromatic carbocycles. The van der Waals surface area contributed by atoms with Gasteiger partial charge in [0.05, 0.1) is 11.3 Å². The van der Waals surface area contributed by atoms with Crippen molar-refractivity contribution in [2.24, 2.45) is 0 Å². The first kappa shape index (κ1) is 23.6. The molecule has 3 rings (SSSR count). The maximum atomic E-state index is 13.0. The summed E-state index contributed by atoms with van der Waals surface area (Å²) in [5, 5.41) is 2.10. The molecule has 1 N–H and O–H groups in total. The molecule has 0 spiro atoms. The van der Waals surface area contributed by atoms with Gasteiger partial charge in [0.2, 0.25) is 0 Å². The normalized spacial score (nSPS) is 11.2. The Hall–Kier alpha value is -4.07. The summed E-state index contributed by atoms with van der Waals surface area (Å²) in [6.07, 6.45) is -2.01. The van der Waals surface area contributed by atoms with Crippen LogP contribution < -0.4 is 10.1 Å². The zero-order chi connectivity index (χ0) is 23.7. The fourth-order valence-electron chi connectivity index (χ4n) is 2.79. The van der Waals surface area contributed by atoms with Crippen molar-refractivity contribution in [1.29, 1.82) is 0 Å². The molecule has 0 saturated carbocycles. The van der Waals surface area contributed by atoms with E-state index in [1.807, 2.05) is 30.3 Å². The van der Waals surface area contributed by atoms with E-state index in [1.54, 1.807) is 24.3 Å². The molecular weight excluding hydrogens is 435 g/mol. The Morgan fingerprint density at radius 1 is 0.879 bits per heavy atom. The fraction of sp³-hybridized carbons (Fsp3) is 0.120. The van der Waals surface area contributed by atoms with Gasteiger partial charge in [-0.15, -0.1) is 0 Å². The SMILES string of the molecule is O=C(COC(=O)/C=C/c1ccc(OCc2ccccc2)cc1)Nc1ccccc1C(F)(F)F. The smallest absolute Gasteiger partial charge is 0.418 e. The van der Waals surface area contributed by atoms with Crippen LogP contribution in [0.4, 0.5) is 18.9 Å². The number of carbonyl (C=O) groups excluding carboxylic acids is 2. The molecule has 0 bridgehead atoms. The van der Waals surface area contributed by atoms with Crippen molar-refractivity contribution in [3.63, 3.8) is 0 Å². The third-order valence-electron chi connectivity index (χ3n) is 4.39. The van der Waals surface area contributed by atoms with E-state index in [4.69, 9.17) is 9.47 Å². The molecule has 3 aromatic rings. The van der Waals surface area contributed by atoms with Crippen LogP contribution in [0.15, 0.2) is 84.9 Å². The lowest BCUT2D eigenvalue weighted by atomic mass is 10.1. The van der Waals surface area contributed by atoms with Gasteiger partial charge >= 0.3 is 12.1 Å². The molecule has 1 amide bonds. The number of nitrogens with one attached hydrogen (secondary N) is 1. The molecule has 0 heterocycles. The molecule has 0 radical (unpaired) electrons. The van der Waals surface area contributed by atoms with Crippen LogP contribution in [0.1, 0.15) is 16.7 Å². The van der Waals surface area contributed by atoms with Crippen LogP contribution in [0.25, 0.3) is 6.08 Å². The lowest BCUT2D eigenvalue weighted by Gasteiger charge is -2.13. The molecule has 5 nitrogen and oxygen atoms in total. The van der Waals surface area contributed by atoms with Crippen molar-refractivity contribution in [1.82, 2.24) is 0 Å². The van der Waals surface area contributed by atoms with E-state index < -0.39 is 35.9 Å². The maximum Gasteiger partial charge on any atom is 0.418 e. The molecule has 33 heavy (non-hydrogen) atoms. The van der Waals surface area contributed by atoms with Gasteiger partial charge in [-0.1, -0.05) is 54.6 Å². The number of ether oxygens (including phenoxy) is 2. The van der Waals surface area contributed by atoms with Crippen molar-refractivity contribution in [3.8, 4) is 5.75 Å². The summed E-state index contributed by atoms with van der Waals surface area (Å²) in [5.74, 6) is -1.03. The predicted molar refractivity (Wildman–Crippen MR) is 117 cm³/mol. The standard InChI is InChI=1S/C25H20F3NO4/c26-25(27,28)21-8-4-5-9-22(21)29-23(30)17-33-24(31)15-12-18-10-13-20(14-11-18)32-16-19-6-2-1-3-7-19/h1-15H,16-17H2,(H,29,30)/b15-12+. The summed E-state index contributed by atoms with van der Waals surface area (Å²) < 4.78 is 49.4. The summed E-state index contributed by atoms with van der Waals surface area (Å²) in [4.78, 5) is 23.7. The second-order valence-corrected chi connectivity index (χ2v) is 6.88. The van der Waals surface area contributed by atoms with E-state index in [9.17, 15) is 22.8 Å². The second kappa shape index (κ2) is 11.0. The summed E-state index contributed by atoms with van der Waals surface area (Å²) in [7, 11) is 0. The Bertz CT molecular complexity index is 1110. The first-order chi connectivity index (χ1) is 15.8. The quantitative estimate of drug-likeness (QED) is 0.361. The lowest BCUT2D eigenvalue weighted by Crippen LogP contribution is -2.22. The van der Waals surface area contributed by atoms with E-state index in [2.05, 4.69) is 5.32 Å². The minimum absolute atomic E-state index is 0.406. The van der Waals surface area contributed by atoms with Crippen LogP contribution in [0, 0.1) is 0 Å². The number of alkyl halides is 3. The molecule has 0 atom stereocenters. The van der Waals surface area contributed by atoms with Gasteiger partial charge in [0.15, 0.2) is 6.61 Å². The van der Waals surface area contributed by atoms with Crippen molar-refractivity contribution in [2.75, 3.05) is 11.9 Å². The van der Waals surface area contributed by atoms with Crippen LogP contribution in [0.5, 0.6) is 5.75 Å². The van der Waals surface area contributed by atoms with Gasteiger partial charge in [0, 0.05) is 6.08 Å². The second-order valence-electron chi connectivity index (χ2n) is 6.88. The molecule has 0 aliphatic heterocycles. The first-order valence-electron chi connectivity index (χ1n) is 9.89. The number of hydrogen-bond acceptors (Lipinski definition) is 4. The summed E-state index contributed by atoms with van der Waals surface area (Å²) in [5.41, 5.74) is 0.342. The molecule has 0 aliphatic rings. The third-order valence-corrected chi connectivity index (χ3v) is 4.39. The Balaban J connectivity index is 1.46. The van der Waals surface area contributed by atoms with Crippen molar-refractivity contribution in [3.05, 3.63) is 102 Å². The van der Waals surface area contributed by atoms with Gasteiger partial charge in [-0.2, -0.15) is 13.2 Å². The van der Waals surface area contributed by atoms with E-state index >= 15 is 0 Å². The first-order valence-corrected chi connectivity index (χ1v) is 9.89. The molecular formula is C25H20F3NO4. The highest BCUT2D eigenvalue weighted by Crippen LogP contribution is 2.34. The Morgan fingerprint density at radius 2 is 1.55 bits per heavy atom. The van der Waals surface area contributed by atoms with Crippen LogP contribution in [0.2, 0.25) is 0 Å². The lowest BCUT2D eigenvalue weighted by molar-refractivity contribution is -0.142. The Labute approximate surface area is 188 Å². The van der Waals surface area contributed by atoms with E-state index in [0.717, 1.165) is 23.8 Å². The van der Waals surface area contributed by atoms with Crippen LogP contribution in [-0.4, -0.2) is 18.5 Å². The topological polar surface area (TPSA) is 64.6 Å². The van der Waals surface area contributed by atoms with Crippen molar-refractivity contribution >= 4 is 23.6 Å². The molecule has 0 aromatic heterocycles. The summed E-state index contributed by atoms with van der Waals surface area (Å²) >= 11 is 0. The highest BCUT2D eigenvalue weighted by molar-refractivity contribution is 5.95. The molecule has 0 unspecified atom stereocenters. The van der Waals surface area contributed by atoms with Gasteiger partial charge in [-0.3, -0.25) is 4.79 Å². The predicted octanol–water partition coefficient (Wildman–Crippen LogP) is 5.48. The maximum absolute atomic E-state index is 13.0. The van der Waals surface area contributed by atoms with Crippen molar-refractivity contribution in [2.45, 2.75) is 12.8 Å². The zero-order valence-electron chi connectivity index (χ0n) is 17.3. The van der Waals surface area contributed by atoms with Gasteiger partial charge in [0.1, 0.15) is 12.4 Å². The van der Waals surface area contributed by atoms with Crippen LogP contribution in [-0.2, 0) is 27.1 Å². The number of esters is 1. The average Bonchev–Trinajstić information content (AvgIpc) is 2.81. The minimum atomic E-state index is -4.62. The number of hydrogen-bond donors (Lipinski definition) is 1. The highest BCUT2D eigenvalue weighted by Gasteiger charge is 2.33. The van der Waals surface area contributed by atoms with E-state index in [0.29, 0.717) is 17.9 Å². The highest BCUT2D eigenvalue weighted by atomic mass is 19.4. The van der Waals surface area contributed by atoms with Gasteiger partial charge in [0.25, 0.3) is 5.91 Å². The summed E-state index contributed by atoms with van der Waals surface area (Å²) in [6.45, 7) is -0.292. The fourth-order valence-corrected chi connectivity index (χ4v) is 2.79. The summed E-state index contributed by atoms with van der Waals surface area (Å²) in [6, 6.07) is 21.2. The minimum Gasteiger partial charge on any atom is -0.489 e. The van der Waals surface area contributed by atoms with E-state index in [-0.39, 0.29) is 0 Å². The average molecular weight is 455 g/mol. The van der Waals surface area contributed by atoms with Gasteiger partial charge < -0.3 is 14.8 Å². The molecule has 0 fully saturated rings. The molecule has 0 aliphatic carbocycles. The number of carbonyl (C=O) groups is 2.